The summed E-state index contributed by atoms with van der Waals surface area (Å²) in [5.41, 5.74) is 1.09. The average molecular weight is 262 g/mol. The number of halogens is 1. The van der Waals surface area contributed by atoms with E-state index < -0.39 is 0 Å². The van der Waals surface area contributed by atoms with Gasteiger partial charge in [0.2, 0.25) is 0 Å². The van der Waals surface area contributed by atoms with Crippen LogP contribution in [0.1, 0.15) is 31.2 Å². The van der Waals surface area contributed by atoms with Crippen LogP contribution in [0, 0.1) is 5.82 Å². The second-order valence-corrected chi connectivity index (χ2v) is 5.83. The maximum atomic E-state index is 13.1. The van der Waals surface area contributed by atoms with Crippen LogP contribution in [0.25, 0.3) is 0 Å². The molecule has 2 saturated heterocycles. The van der Waals surface area contributed by atoms with Crippen LogP contribution < -0.4 is 5.32 Å². The number of nitrogens with one attached hydrogen (secondary N) is 1. The standard InChI is InChI=1S/C16H23FN2/c17-14-5-3-4-13(12-14)7-9-18-15-8-11-19-10-2-1-6-16(15)19/h3-5,12,15-16,18H,1-2,6-11H2. The summed E-state index contributed by atoms with van der Waals surface area (Å²) in [5.74, 6) is -0.128. The number of rotatable bonds is 4. The Hall–Kier alpha value is -0.930. The number of nitrogens with zero attached hydrogens (tertiary/aromatic N) is 1. The zero-order valence-corrected chi connectivity index (χ0v) is 11.4. The van der Waals surface area contributed by atoms with Gasteiger partial charge in [0.1, 0.15) is 5.82 Å². The molecule has 1 aromatic rings. The van der Waals surface area contributed by atoms with Crippen LogP contribution in [0.3, 0.4) is 0 Å². The highest BCUT2D eigenvalue weighted by Crippen LogP contribution is 2.27. The molecule has 0 bridgehead atoms. The van der Waals surface area contributed by atoms with Gasteiger partial charge in [0, 0.05) is 18.6 Å². The molecule has 3 heteroatoms. The van der Waals surface area contributed by atoms with Gasteiger partial charge in [-0.15, -0.1) is 0 Å². The van der Waals surface area contributed by atoms with Crippen LogP contribution in [0.15, 0.2) is 24.3 Å². The summed E-state index contributed by atoms with van der Waals surface area (Å²) in [6.07, 6.45) is 6.28. The van der Waals surface area contributed by atoms with E-state index in [1.165, 1.54) is 44.8 Å². The number of hydrogen-bond acceptors (Lipinski definition) is 2. The highest BCUT2D eigenvalue weighted by Gasteiger charge is 2.34. The molecule has 2 heterocycles. The fraction of sp³-hybridized carbons (Fsp3) is 0.625. The van der Waals surface area contributed by atoms with Crippen LogP contribution in [-0.4, -0.2) is 36.6 Å². The number of hydrogen-bond donors (Lipinski definition) is 1. The van der Waals surface area contributed by atoms with E-state index in [1.54, 1.807) is 12.1 Å². The van der Waals surface area contributed by atoms with Crippen LogP contribution in [-0.2, 0) is 6.42 Å². The van der Waals surface area contributed by atoms with Gasteiger partial charge in [-0.25, -0.2) is 4.39 Å². The molecule has 3 rings (SSSR count). The first kappa shape index (κ1) is 13.1. The Kier molecular flexibility index (Phi) is 4.14. The molecule has 104 valence electrons. The molecule has 1 N–H and O–H groups in total. The molecule has 2 aliphatic heterocycles. The van der Waals surface area contributed by atoms with Gasteiger partial charge in [0.15, 0.2) is 0 Å². The van der Waals surface area contributed by atoms with E-state index in [4.69, 9.17) is 0 Å². The molecule has 19 heavy (non-hydrogen) atoms. The highest BCUT2D eigenvalue weighted by atomic mass is 19.1. The van der Waals surface area contributed by atoms with Crippen molar-refractivity contribution in [3.8, 4) is 0 Å². The lowest BCUT2D eigenvalue weighted by atomic mass is 9.99. The summed E-state index contributed by atoms with van der Waals surface area (Å²) in [4.78, 5) is 2.64. The molecule has 0 saturated carbocycles. The number of benzene rings is 1. The van der Waals surface area contributed by atoms with Crippen molar-refractivity contribution in [1.29, 1.82) is 0 Å². The van der Waals surface area contributed by atoms with Crippen molar-refractivity contribution in [2.24, 2.45) is 0 Å². The smallest absolute Gasteiger partial charge is 0.123 e. The Morgan fingerprint density at radius 2 is 2.16 bits per heavy atom. The Morgan fingerprint density at radius 3 is 3.05 bits per heavy atom. The Morgan fingerprint density at radius 1 is 1.21 bits per heavy atom. The molecule has 0 amide bonds. The van der Waals surface area contributed by atoms with Crippen LogP contribution in [0.5, 0.6) is 0 Å². The molecule has 0 aromatic heterocycles. The molecule has 2 fully saturated rings. The van der Waals surface area contributed by atoms with Gasteiger partial charge in [0.25, 0.3) is 0 Å². The molecule has 2 unspecified atom stereocenters. The van der Waals surface area contributed by atoms with Gasteiger partial charge in [-0.05, 0) is 56.5 Å². The highest BCUT2D eigenvalue weighted by molar-refractivity contribution is 5.16. The lowest BCUT2D eigenvalue weighted by Crippen LogP contribution is -2.45. The van der Waals surface area contributed by atoms with Gasteiger partial charge in [-0.2, -0.15) is 0 Å². The summed E-state index contributed by atoms with van der Waals surface area (Å²) in [5, 5.41) is 3.68. The summed E-state index contributed by atoms with van der Waals surface area (Å²) in [7, 11) is 0. The quantitative estimate of drug-likeness (QED) is 0.897. The third-order valence-electron chi connectivity index (χ3n) is 4.57. The zero-order chi connectivity index (χ0) is 13.1. The molecule has 0 aliphatic carbocycles. The first-order chi connectivity index (χ1) is 9.33. The Bertz CT molecular complexity index is 421. The largest absolute Gasteiger partial charge is 0.312 e. The summed E-state index contributed by atoms with van der Waals surface area (Å²) in [6.45, 7) is 3.49. The second-order valence-electron chi connectivity index (χ2n) is 5.83. The van der Waals surface area contributed by atoms with Crippen molar-refractivity contribution in [1.82, 2.24) is 10.2 Å². The molecule has 2 atom stereocenters. The molecule has 2 nitrogen and oxygen atoms in total. The maximum Gasteiger partial charge on any atom is 0.123 e. The summed E-state index contributed by atoms with van der Waals surface area (Å²) in [6, 6.07) is 8.35. The van der Waals surface area contributed by atoms with Crippen LogP contribution in [0.2, 0.25) is 0 Å². The maximum absolute atomic E-state index is 13.1. The third-order valence-corrected chi connectivity index (χ3v) is 4.57. The van der Waals surface area contributed by atoms with Crippen molar-refractivity contribution in [2.75, 3.05) is 19.6 Å². The van der Waals surface area contributed by atoms with E-state index in [-0.39, 0.29) is 5.82 Å². The van der Waals surface area contributed by atoms with E-state index >= 15 is 0 Å². The lowest BCUT2D eigenvalue weighted by Gasteiger charge is -2.32. The van der Waals surface area contributed by atoms with Crippen molar-refractivity contribution >= 4 is 0 Å². The van der Waals surface area contributed by atoms with Gasteiger partial charge >= 0.3 is 0 Å². The van der Waals surface area contributed by atoms with E-state index in [9.17, 15) is 4.39 Å². The molecule has 1 aromatic carbocycles. The minimum absolute atomic E-state index is 0.128. The fourth-order valence-corrected chi connectivity index (χ4v) is 3.58. The fourth-order valence-electron chi connectivity index (χ4n) is 3.58. The van der Waals surface area contributed by atoms with E-state index in [1.807, 2.05) is 6.07 Å². The van der Waals surface area contributed by atoms with Crippen LogP contribution in [0.4, 0.5) is 4.39 Å². The minimum Gasteiger partial charge on any atom is -0.312 e. The van der Waals surface area contributed by atoms with Crippen molar-refractivity contribution < 1.29 is 4.39 Å². The first-order valence-corrected chi connectivity index (χ1v) is 7.55. The SMILES string of the molecule is Fc1cccc(CCNC2CCN3CCCCC23)c1. The molecular weight excluding hydrogens is 239 g/mol. The topological polar surface area (TPSA) is 15.3 Å². The predicted molar refractivity (Wildman–Crippen MR) is 75.7 cm³/mol. The van der Waals surface area contributed by atoms with Crippen molar-refractivity contribution in [2.45, 2.75) is 44.2 Å². The molecule has 2 aliphatic rings. The minimum atomic E-state index is -0.128. The van der Waals surface area contributed by atoms with Gasteiger partial charge in [-0.3, -0.25) is 4.90 Å². The van der Waals surface area contributed by atoms with Gasteiger partial charge in [0.05, 0.1) is 0 Å². The Balaban J connectivity index is 1.47. The van der Waals surface area contributed by atoms with E-state index in [0.717, 1.165) is 24.6 Å². The summed E-state index contributed by atoms with van der Waals surface area (Å²) >= 11 is 0. The Labute approximate surface area is 115 Å². The summed E-state index contributed by atoms with van der Waals surface area (Å²) < 4.78 is 13.1. The molecule has 0 radical (unpaired) electrons. The molecule has 0 spiro atoms. The van der Waals surface area contributed by atoms with Gasteiger partial charge < -0.3 is 5.32 Å². The number of piperidine rings is 1. The third kappa shape index (κ3) is 3.15. The first-order valence-electron chi connectivity index (χ1n) is 7.55. The van der Waals surface area contributed by atoms with E-state index in [0.29, 0.717) is 6.04 Å². The predicted octanol–water partition coefficient (Wildman–Crippen LogP) is 2.58. The van der Waals surface area contributed by atoms with Crippen molar-refractivity contribution in [3.05, 3.63) is 35.6 Å². The lowest BCUT2D eigenvalue weighted by molar-refractivity contribution is 0.181. The van der Waals surface area contributed by atoms with Gasteiger partial charge in [-0.1, -0.05) is 18.6 Å². The van der Waals surface area contributed by atoms with Crippen molar-refractivity contribution in [3.63, 3.8) is 0 Å². The average Bonchev–Trinajstić information content (AvgIpc) is 2.83. The normalized spacial score (nSPS) is 27.4. The number of fused-ring (bicyclic) bond motifs is 1. The second kappa shape index (κ2) is 6.02. The monoisotopic (exact) mass is 262 g/mol. The molecular formula is C16H23FN2. The van der Waals surface area contributed by atoms with E-state index in [2.05, 4.69) is 10.2 Å². The van der Waals surface area contributed by atoms with Crippen LogP contribution >= 0.6 is 0 Å². The zero-order valence-electron chi connectivity index (χ0n) is 11.4.